The first-order chi connectivity index (χ1) is 13.8. The summed E-state index contributed by atoms with van der Waals surface area (Å²) in [6.45, 7) is 1.90. The van der Waals surface area contributed by atoms with Gasteiger partial charge in [0.15, 0.2) is 0 Å². The van der Waals surface area contributed by atoms with Crippen molar-refractivity contribution in [1.82, 2.24) is 4.98 Å². The van der Waals surface area contributed by atoms with Gasteiger partial charge in [-0.3, -0.25) is 9.78 Å². The van der Waals surface area contributed by atoms with Gasteiger partial charge in [-0.2, -0.15) is 0 Å². The Bertz CT molecular complexity index is 1080. The van der Waals surface area contributed by atoms with Crippen LogP contribution in [0, 0.1) is 11.6 Å². The lowest BCUT2D eigenvalue weighted by Gasteiger charge is -2.11. The fraction of sp³-hybridized carbons (Fsp3) is 0.0952. The van der Waals surface area contributed by atoms with Crippen LogP contribution >= 0.6 is 15.9 Å². The third-order valence-electron chi connectivity index (χ3n) is 4.22. The van der Waals surface area contributed by atoms with E-state index in [1.165, 1.54) is 24.3 Å². The number of carbonyl (C=O) groups is 2. The molecule has 2 N–H and O–H groups in total. The van der Waals surface area contributed by atoms with Crippen LogP contribution in [0.5, 0.6) is 0 Å². The number of rotatable bonds is 5. The zero-order chi connectivity index (χ0) is 21.1. The average Bonchev–Trinajstić information content (AvgIpc) is 2.68. The average molecular weight is 461 g/mol. The SMILES string of the molecule is CCc1nc(-c2ccc(NC(=O)c3c(F)cccc3F)cc2)c(C(=O)O)cc1Br. The van der Waals surface area contributed by atoms with Crippen LogP contribution in [-0.4, -0.2) is 22.0 Å². The Balaban J connectivity index is 1.91. The van der Waals surface area contributed by atoms with Gasteiger partial charge in [-0.15, -0.1) is 0 Å². The molecule has 2 aromatic carbocycles. The fourth-order valence-corrected chi connectivity index (χ4v) is 3.38. The van der Waals surface area contributed by atoms with Crippen molar-refractivity contribution in [3.8, 4) is 11.3 Å². The maximum Gasteiger partial charge on any atom is 0.337 e. The van der Waals surface area contributed by atoms with Crippen LogP contribution in [0.2, 0.25) is 0 Å². The number of pyridine rings is 1. The number of anilines is 1. The van der Waals surface area contributed by atoms with Gasteiger partial charge in [0.25, 0.3) is 5.91 Å². The second-order valence-corrected chi connectivity index (χ2v) is 6.95. The molecule has 8 heteroatoms. The summed E-state index contributed by atoms with van der Waals surface area (Å²) in [5.74, 6) is -3.97. The van der Waals surface area contributed by atoms with Crippen molar-refractivity contribution >= 4 is 33.5 Å². The summed E-state index contributed by atoms with van der Waals surface area (Å²) in [4.78, 5) is 28.2. The first kappa shape index (κ1) is 20.6. The molecular weight excluding hydrogens is 446 g/mol. The highest BCUT2D eigenvalue weighted by Gasteiger charge is 2.19. The number of carbonyl (C=O) groups excluding carboxylic acids is 1. The molecular formula is C21H15BrF2N2O3. The normalized spacial score (nSPS) is 10.6. The molecule has 0 aliphatic heterocycles. The number of aromatic carboxylic acids is 1. The molecule has 0 aliphatic rings. The molecule has 1 heterocycles. The molecule has 148 valence electrons. The number of hydrogen-bond acceptors (Lipinski definition) is 3. The summed E-state index contributed by atoms with van der Waals surface area (Å²) >= 11 is 3.32. The first-order valence-electron chi connectivity index (χ1n) is 8.60. The largest absolute Gasteiger partial charge is 0.478 e. The molecule has 0 atom stereocenters. The van der Waals surface area contributed by atoms with Crippen LogP contribution in [0.1, 0.15) is 33.3 Å². The van der Waals surface area contributed by atoms with Crippen molar-refractivity contribution in [2.45, 2.75) is 13.3 Å². The predicted molar refractivity (Wildman–Crippen MR) is 108 cm³/mol. The third-order valence-corrected chi connectivity index (χ3v) is 4.91. The maximum absolute atomic E-state index is 13.7. The number of halogens is 3. The number of amides is 1. The van der Waals surface area contributed by atoms with Crippen molar-refractivity contribution in [3.05, 3.63) is 81.5 Å². The highest BCUT2D eigenvalue weighted by atomic mass is 79.9. The van der Waals surface area contributed by atoms with Gasteiger partial charge in [0.1, 0.15) is 17.2 Å². The van der Waals surface area contributed by atoms with Gasteiger partial charge in [0.05, 0.1) is 17.0 Å². The minimum absolute atomic E-state index is 0.0271. The van der Waals surface area contributed by atoms with Crippen LogP contribution in [-0.2, 0) is 6.42 Å². The lowest BCUT2D eigenvalue weighted by atomic mass is 10.0. The van der Waals surface area contributed by atoms with E-state index in [4.69, 9.17) is 0 Å². The highest BCUT2D eigenvalue weighted by Crippen LogP contribution is 2.28. The lowest BCUT2D eigenvalue weighted by molar-refractivity contribution is 0.0697. The standard InChI is InChI=1S/C21H15BrF2N2O3/c1-2-17-14(22)10-13(21(28)29)19(26-17)11-6-8-12(9-7-11)25-20(27)18-15(23)4-3-5-16(18)24/h3-10H,2H2,1H3,(H,25,27)(H,28,29). The third kappa shape index (κ3) is 4.32. The minimum Gasteiger partial charge on any atom is -0.478 e. The van der Waals surface area contributed by atoms with Gasteiger partial charge < -0.3 is 10.4 Å². The van der Waals surface area contributed by atoms with Gasteiger partial charge in [-0.05, 0) is 52.7 Å². The van der Waals surface area contributed by atoms with E-state index in [1.807, 2.05) is 6.92 Å². The zero-order valence-corrected chi connectivity index (χ0v) is 16.8. The first-order valence-corrected chi connectivity index (χ1v) is 9.39. The van der Waals surface area contributed by atoms with E-state index in [9.17, 15) is 23.5 Å². The second kappa shape index (κ2) is 8.48. The maximum atomic E-state index is 13.7. The molecule has 0 bridgehead atoms. The fourth-order valence-electron chi connectivity index (χ4n) is 2.78. The van der Waals surface area contributed by atoms with E-state index < -0.39 is 29.1 Å². The number of aryl methyl sites for hydroxylation is 1. The molecule has 5 nitrogen and oxygen atoms in total. The topological polar surface area (TPSA) is 79.3 Å². The smallest absolute Gasteiger partial charge is 0.337 e. The Morgan fingerprint density at radius 2 is 1.72 bits per heavy atom. The predicted octanol–water partition coefficient (Wildman–Crippen LogP) is 5.30. The summed E-state index contributed by atoms with van der Waals surface area (Å²) in [7, 11) is 0. The number of benzene rings is 2. The molecule has 3 rings (SSSR count). The van der Waals surface area contributed by atoms with Crippen molar-refractivity contribution < 1.29 is 23.5 Å². The van der Waals surface area contributed by atoms with E-state index in [-0.39, 0.29) is 11.3 Å². The molecule has 0 radical (unpaired) electrons. The van der Waals surface area contributed by atoms with Crippen LogP contribution in [0.25, 0.3) is 11.3 Å². The molecule has 0 saturated carbocycles. The summed E-state index contributed by atoms with van der Waals surface area (Å²) in [5.41, 5.74) is 1.17. The summed E-state index contributed by atoms with van der Waals surface area (Å²) < 4.78 is 28.1. The van der Waals surface area contributed by atoms with Crippen molar-refractivity contribution in [2.75, 3.05) is 5.32 Å². The van der Waals surface area contributed by atoms with Crippen LogP contribution < -0.4 is 5.32 Å². The number of nitrogens with one attached hydrogen (secondary N) is 1. The lowest BCUT2D eigenvalue weighted by Crippen LogP contribution is -2.15. The number of aromatic nitrogens is 1. The van der Waals surface area contributed by atoms with E-state index in [2.05, 4.69) is 26.2 Å². The molecule has 1 amide bonds. The van der Waals surface area contributed by atoms with E-state index in [0.717, 1.165) is 12.1 Å². The number of nitrogens with zero attached hydrogens (tertiary/aromatic N) is 1. The van der Waals surface area contributed by atoms with Crippen LogP contribution in [0.3, 0.4) is 0 Å². The molecule has 0 spiro atoms. The van der Waals surface area contributed by atoms with Gasteiger partial charge in [-0.25, -0.2) is 13.6 Å². The Kier molecular flexibility index (Phi) is 6.03. The minimum atomic E-state index is -1.12. The van der Waals surface area contributed by atoms with Crippen LogP contribution in [0.4, 0.5) is 14.5 Å². The molecule has 29 heavy (non-hydrogen) atoms. The monoisotopic (exact) mass is 460 g/mol. The molecule has 0 saturated heterocycles. The summed E-state index contributed by atoms with van der Waals surface area (Å²) in [6.07, 6.45) is 0.607. The van der Waals surface area contributed by atoms with E-state index in [1.54, 1.807) is 12.1 Å². The van der Waals surface area contributed by atoms with Gasteiger partial charge >= 0.3 is 5.97 Å². The van der Waals surface area contributed by atoms with Crippen LogP contribution in [0.15, 0.2) is 53.0 Å². The van der Waals surface area contributed by atoms with E-state index in [0.29, 0.717) is 27.8 Å². The Morgan fingerprint density at radius 3 is 2.28 bits per heavy atom. The molecule has 0 unspecified atom stereocenters. The quantitative estimate of drug-likeness (QED) is 0.541. The van der Waals surface area contributed by atoms with Gasteiger partial charge in [0.2, 0.25) is 0 Å². The Hall–Kier alpha value is -3.13. The zero-order valence-electron chi connectivity index (χ0n) is 15.2. The number of hydrogen-bond donors (Lipinski definition) is 2. The number of carboxylic acid groups (broad SMARTS) is 1. The Labute approximate surface area is 173 Å². The molecule has 0 aliphatic carbocycles. The van der Waals surface area contributed by atoms with E-state index >= 15 is 0 Å². The summed E-state index contributed by atoms with van der Waals surface area (Å²) in [6, 6.07) is 10.8. The van der Waals surface area contributed by atoms with Crippen molar-refractivity contribution in [1.29, 1.82) is 0 Å². The van der Waals surface area contributed by atoms with Crippen molar-refractivity contribution in [3.63, 3.8) is 0 Å². The Morgan fingerprint density at radius 1 is 1.10 bits per heavy atom. The summed E-state index contributed by atoms with van der Waals surface area (Å²) in [5, 5.41) is 11.9. The van der Waals surface area contributed by atoms with Gasteiger partial charge in [-0.1, -0.05) is 25.1 Å². The molecule has 3 aromatic rings. The molecule has 1 aromatic heterocycles. The highest BCUT2D eigenvalue weighted by molar-refractivity contribution is 9.10. The van der Waals surface area contributed by atoms with Crippen molar-refractivity contribution in [2.24, 2.45) is 0 Å². The second-order valence-electron chi connectivity index (χ2n) is 6.10. The number of carboxylic acids is 1. The molecule has 0 fully saturated rings. The van der Waals surface area contributed by atoms with Gasteiger partial charge in [0, 0.05) is 15.7 Å².